The number of halogens is 2. The average molecular weight is 387 g/mol. The molecule has 2 aromatic rings. The summed E-state index contributed by atoms with van der Waals surface area (Å²) in [5.74, 6) is -4.84. The fourth-order valence-corrected chi connectivity index (χ4v) is 2.81. The lowest BCUT2D eigenvalue weighted by molar-refractivity contribution is -0.144. The highest BCUT2D eigenvalue weighted by Crippen LogP contribution is 2.26. The monoisotopic (exact) mass is 387 g/mol. The second-order valence-corrected chi connectivity index (χ2v) is 6.11. The molecule has 0 aromatic heterocycles. The van der Waals surface area contributed by atoms with Crippen LogP contribution in [0.15, 0.2) is 48.5 Å². The predicted octanol–water partition coefficient (Wildman–Crippen LogP) is 2.46. The Morgan fingerprint density at radius 1 is 1.04 bits per heavy atom. The second-order valence-electron chi connectivity index (χ2n) is 6.11. The van der Waals surface area contributed by atoms with Gasteiger partial charge in [0, 0.05) is 6.07 Å². The Kier molecular flexibility index (Phi) is 5.16. The van der Waals surface area contributed by atoms with E-state index in [-0.39, 0.29) is 0 Å². The van der Waals surface area contributed by atoms with Crippen LogP contribution in [0.25, 0.3) is 0 Å². The normalized spacial score (nSPS) is 15.2. The van der Waals surface area contributed by atoms with Crippen molar-refractivity contribution in [3.05, 3.63) is 65.7 Å². The number of rotatable bonds is 5. The van der Waals surface area contributed by atoms with E-state index in [0.29, 0.717) is 10.5 Å². The van der Waals surface area contributed by atoms with Gasteiger partial charge in [-0.2, -0.15) is 0 Å². The molecule has 1 aliphatic rings. The fourth-order valence-electron chi connectivity index (χ4n) is 2.81. The number of nitrogens with one attached hydrogen (secondary N) is 1. The molecule has 1 N–H and O–H groups in total. The number of anilines is 1. The van der Waals surface area contributed by atoms with E-state index in [1.807, 2.05) is 0 Å². The predicted molar refractivity (Wildman–Crippen MR) is 93.8 cm³/mol. The smallest absolute Gasteiger partial charge is 0.322 e. The Balaban J connectivity index is 1.75. The van der Waals surface area contributed by atoms with Crippen molar-refractivity contribution >= 4 is 29.4 Å². The first-order chi connectivity index (χ1) is 13.3. The zero-order chi connectivity index (χ0) is 20.4. The number of hydrogen-bond acceptors (Lipinski definition) is 4. The van der Waals surface area contributed by atoms with E-state index >= 15 is 0 Å². The highest BCUT2D eigenvalue weighted by Gasteiger charge is 2.47. The van der Waals surface area contributed by atoms with Crippen molar-refractivity contribution in [1.82, 2.24) is 9.80 Å². The first-order valence-corrected chi connectivity index (χ1v) is 8.28. The van der Waals surface area contributed by atoms with Gasteiger partial charge in [-0.15, -0.1) is 0 Å². The molecule has 28 heavy (non-hydrogen) atoms. The van der Waals surface area contributed by atoms with E-state index in [9.17, 15) is 28.0 Å². The molecule has 3 rings (SSSR count). The van der Waals surface area contributed by atoms with Gasteiger partial charge in [0.2, 0.25) is 5.91 Å². The Morgan fingerprint density at radius 3 is 2.39 bits per heavy atom. The van der Waals surface area contributed by atoms with Crippen LogP contribution < -0.4 is 5.32 Å². The van der Waals surface area contributed by atoms with Crippen molar-refractivity contribution in [2.24, 2.45) is 0 Å². The number of nitrogens with zero attached hydrogens (tertiary/aromatic N) is 2. The van der Waals surface area contributed by atoms with Gasteiger partial charge in [-0.05, 0) is 24.6 Å². The summed E-state index contributed by atoms with van der Waals surface area (Å²) in [5.41, 5.74) is 0.190. The van der Waals surface area contributed by atoms with Crippen molar-refractivity contribution in [2.75, 3.05) is 11.9 Å². The SMILES string of the molecule is CC(c1ccccc1)N1C(=O)C(=O)N(CC(=O)Nc2cc(F)ccc2F)C1=O. The maximum Gasteiger partial charge on any atom is 0.335 e. The van der Waals surface area contributed by atoms with Crippen molar-refractivity contribution < 1.29 is 28.0 Å². The lowest BCUT2D eigenvalue weighted by atomic mass is 10.1. The Labute approximate surface area is 158 Å². The van der Waals surface area contributed by atoms with Crippen LogP contribution in [-0.2, 0) is 14.4 Å². The molecule has 0 aliphatic carbocycles. The van der Waals surface area contributed by atoms with Crippen LogP contribution >= 0.6 is 0 Å². The minimum Gasteiger partial charge on any atom is -0.322 e. The fraction of sp³-hybridized carbons (Fsp3) is 0.158. The van der Waals surface area contributed by atoms with Crippen molar-refractivity contribution in [3.8, 4) is 0 Å². The Morgan fingerprint density at radius 2 is 1.71 bits per heavy atom. The maximum absolute atomic E-state index is 13.6. The highest BCUT2D eigenvalue weighted by molar-refractivity contribution is 6.45. The molecule has 5 amide bonds. The van der Waals surface area contributed by atoms with Gasteiger partial charge >= 0.3 is 17.8 Å². The van der Waals surface area contributed by atoms with Crippen LogP contribution in [0, 0.1) is 11.6 Å². The van der Waals surface area contributed by atoms with Crippen molar-refractivity contribution in [1.29, 1.82) is 0 Å². The molecule has 0 spiro atoms. The first-order valence-electron chi connectivity index (χ1n) is 8.28. The number of imide groups is 2. The Hall–Kier alpha value is -3.62. The molecule has 9 heteroatoms. The minimum atomic E-state index is -1.16. The molecule has 0 bridgehead atoms. The van der Waals surface area contributed by atoms with Crippen LogP contribution in [0.1, 0.15) is 18.5 Å². The summed E-state index contributed by atoms with van der Waals surface area (Å²) in [6, 6.07) is 9.36. The molecule has 1 aliphatic heterocycles. The van der Waals surface area contributed by atoms with E-state index in [1.54, 1.807) is 37.3 Å². The van der Waals surface area contributed by atoms with Gasteiger partial charge in [0.25, 0.3) is 0 Å². The molecule has 0 saturated carbocycles. The second kappa shape index (κ2) is 7.55. The third-order valence-corrected chi connectivity index (χ3v) is 4.26. The summed E-state index contributed by atoms with van der Waals surface area (Å²) in [6.07, 6.45) is 0. The summed E-state index contributed by atoms with van der Waals surface area (Å²) in [7, 11) is 0. The highest BCUT2D eigenvalue weighted by atomic mass is 19.1. The number of urea groups is 1. The van der Waals surface area contributed by atoms with E-state index in [1.165, 1.54) is 0 Å². The molecular weight excluding hydrogens is 372 g/mol. The van der Waals surface area contributed by atoms with Crippen molar-refractivity contribution in [2.45, 2.75) is 13.0 Å². The summed E-state index contributed by atoms with van der Waals surface area (Å²) in [5, 5.41) is 2.08. The quantitative estimate of drug-likeness (QED) is 0.631. The van der Waals surface area contributed by atoms with Gasteiger partial charge < -0.3 is 5.32 Å². The van der Waals surface area contributed by atoms with Gasteiger partial charge in [-0.1, -0.05) is 30.3 Å². The van der Waals surface area contributed by atoms with Crippen molar-refractivity contribution in [3.63, 3.8) is 0 Å². The summed E-state index contributed by atoms with van der Waals surface area (Å²) < 4.78 is 26.8. The van der Waals surface area contributed by atoms with E-state index in [0.717, 1.165) is 23.1 Å². The molecule has 0 radical (unpaired) electrons. The summed E-state index contributed by atoms with van der Waals surface area (Å²) >= 11 is 0. The molecule has 1 atom stereocenters. The average Bonchev–Trinajstić information content (AvgIpc) is 2.88. The van der Waals surface area contributed by atoms with Gasteiger partial charge in [0.1, 0.15) is 18.2 Å². The third kappa shape index (κ3) is 3.59. The molecule has 7 nitrogen and oxygen atoms in total. The lowest BCUT2D eigenvalue weighted by Crippen LogP contribution is -2.39. The van der Waals surface area contributed by atoms with E-state index in [2.05, 4.69) is 5.32 Å². The number of carbonyl (C=O) groups excluding carboxylic acids is 4. The van der Waals surface area contributed by atoms with Crippen LogP contribution in [0.2, 0.25) is 0 Å². The Bertz CT molecular complexity index is 965. The van der Waals surface area contributed by atoms with Gasteiger partial charge in [0.15, 0.2) is 0 Å². The van der Waals surface area contributed by atoms with Crippen LogP contribution in [0.3, 0.4) is 0 Å². The summed E-state index contributed by atoms with van der Waals surface area (Å²) in [4.78, 5) is 50.3. The van der Waals surface area contributed by atoms with Crippen LogP contribution in [0.5, 0.6) is 0 Å². The van der Waals surface area contributed by atoms with Crippen LogP contribution in [-0.4, -0.2) is 40.1 Å². The first kappa shape index (κ1) is 19.2. The third-order valence-electron chi connectivity index (χ3n) is 4.26. The maximum atomic E-state index is 13.6. The molecule has 1 heterocycles. The molecule has 144 valence electrons. The van der Waals surface area contributed by atoms with Gasteiger partial charge in [0.05, 0.1) is 11.7 Å². The number of hydrogen-bond donors (Lipinski definition) is 1. The number of amides is 5. The van der Waals surface area contributed by atoms with Gasteiger partial charge in [-0.25, -0.2) is 23.4 Å². The standard InChI is InChI=1S/C19H15F2N3O4/c1-11(12-5-3-2-4-6-12)24-18(27)17(26)23(19(24)28)10-16(25)22-15-9-13(20)7-8-14(15)21/h2-9,11H,10H2,1H3,(H,22,25). The van der Waals surface area contributed by atoms with E-state index < -0.39 is 53.7 Å². The number of carbonyl (C=O) groups is 4. The van der Waals surface area contributed by atoms with E-state index in [4.69, 9.17) is 0 Å². The molecule has 1 fully saturated rings. The van der Waals surface area contributed by atoms with Crippen LogP contribution in [0.4, 0.5) is 19.3 Å². The summed E-state index contributed by atoms with van der Waals surface area (Å²) in [6.45, 7) is 0.765. The largest absolute Gasteiger partial charge is 0.335 e. The molecule has 1 saturated heterocycles. The lowest BCUT2D eigenvalue weighted by Gasteiger charge is -2.22. The zero-order valence-electron chi connectivity index (χ0n) is 14.7. The van der Waals surface area contributed by atoms with Gasteiger partial charge in [-0.3, -0.25) is 14.4 Å². The molecule has 1 unspecified atom stereocenters. The number of benzene rings is 2. The molecular formula is C19H15F2N3O4. The molecule has 2 aromatic carbocycles. The zero-order valence-corrected chi connectivity index (χ0v) is 14.7. The topological polar surface area (TPSA) is 86.8 Å². The minimum absolute atomic E-state index is 0.440.